The van der Waals surface area contributed by atoms with E-state index in [4.69, 9.17) is 10.5 Å². The van der Waals surface area contributed by atoms with Crippen LogP contribution in [0.15, 0.2) is 41.1 Å². The Balaban J connectivity index is 2.72. The Morgan fingerprint density at radius 1 is 1.40 bits per heavy atom. The molecule has 1 aromatic rings. The molecule has 3 N–H and O–H groups in total. The second-order valence-electron chi connectivity index (χ2n) is 4.42. The first kappa shape index (κ1) is 16.6. The van der Waals surface area contributed by atoms with Crippen LogP contribution in [0.5, 0.6) is 5.75 Å². The lowest BCUT2D eigenvalue weighted by Crippen LogP contribution is -2.30. The molecule has 0 fully saturated rings. The highest BCUT2D eigenvalue weighted by atomic mass is 32.2. The van der Waals surface area contributed by atoms with Crippen molar-refractivity contribution in [1.82, 2.24) is 4.72 Å². The molecule has 0 amide bonds. The van der Waals surface area contributed by atoms with Crippen LogP contribution < -0.4 is 15.2 Å². The van der Waals surface area contributed by atoms with Crippen LogP contribution in [0, 0.1) is 0 Å². The van der Waals surface area contributed by atoms with Crippen molar-refractivity contribution in [1.29, 1.82) is 0 Å². The fraction of sp³-hybridized carbons (Fsp3) is 0.385. The van der Waals surface area contributed by atoms with Gasteiger partial charge < -0.3 is 10.5 Å². The maximum atomic E-state index is 13.1. The van der Waals surface area contributed by atoms with Gasteiger partial charge in [0.15, 0.2) is 0 Å². The minimum atomic E-state index is -3.52. The molecule has 0 unspecified atom stereocenters. The van der Waals surface area contributed by atoms with Gasteiger partial charge in [0, 0.05) is 12.6 Å². The smallest absolute Gasteiger partial charge is 0.240 e. The predicted molar refractivity (Wildman–Crippen MR) is 75.6 cm³/mol. The average molecular weight is 302 g/mol. The predicted octanol–water partition coefficient (Wildman–Crippen LogP) is 1.56. The first-order valence-corrected chi connectivity index (χ1v) is 7.63. The number of ether oxygens (including phenoxy) is 1. The van der Waals surface area contributed by atoms with Crippen LogP contribution in [-0.4, -0.2) is 27.6 Å². The molecule has 7 heteroatoms. The van der Waals surface area contributed by atoms with Gasteiger partial charge in [0.1, 0.15) is 18.2 Å². The van der Waals surface area contributed by atoms with E-state index in [-0.39, 0.29) is 24.1 Å². The summed E-state index contributed by atoms with van der Waals surface area (Å²) in [5.74, 6) is -0.0836. The molecule has 0 heterocycles. The van der Waals surface area contributed by atoms with Crippen molar-refractivity contribution in [3.05, 3.63) is 36.2 Å². The fourth-order valence-electron chi connectivity index (χ4n) is 1.43. The summed E-state index contributed by atoms with van der Waals surface area (Å²) < 4.78 is 44.4. The number of benzene rings is 1. The first-order chi connectivity index (χ1) is 9.35. The van der Waals surface area contributed by atoms with Gasteiger partial charge in [0.05, 0.1) is 4.90 Å². The molecule has 0 radical (unpaired) electrons. The Labute approximate surface area is 118 Å². The number of nitrogens with one attached hydrogen (secondary N) is 1. The van der Waals surface area contributed by atoms with Crippen LogP contribution in [0.3, 0.4) is 0 Å². The second kappa shape index (κ2) is 7.37. The van der Waals surface area contributed by atoms with E-state index in [0.29, 0.717) is 5.75 Å². The molecule has 0 atom stereocenters. The van der Waals surface area contributed by atoms with E-state index in [1.54, 1.807) is 13.8 Å². The lowest BCUT2D eigenvalue weighted by Gasteiger charge is -2.10. The lowest BCUT2D eigenvalue weighted by molar-refractivity contribution is 0.318. The molecule has 112 valence electrons. The van der Waals surface area contributed by atoms with Crippen molar-refractivity contribution in [3.8, 4) is 5.75 Å². The average Bonchev–Trinajstić information content (AvgIpc) is 2.36. The minimum absolute atomic E-state index is 0.104. The van der Waals surface area contributed by atoms with Crippen LogP contribution >= 0.6 is 0 Å². The summed E-state index contributed by atoms with van der Waals surface area (Å²) >= 11 is 0. The van der Waals surface area contributed by atoms with Gasteiger partial charge in [-0.3, -0.25) is 0 Å². The molecule has 0 bridgehead atoms. The topological polar surface area (TPSA) is 81.4 Å². The molecular weight excluding hydrogens is 283 g/mol. The quantitative estimate of drug-likeness (QED) is 0.801. The van der Waals surface area contributed by atoms with E-state index in [0.717, 1.165) is 0 Å². The molecule has 0 saturated carbocycles. The van der Waals surface area contributed by atoms with Crippen LogP contribution in [0.25, 0.3) is 0 Å². The van der Waals surface area contributed by atoms with E-state index >= 15 is 0 Å². The SMILES string of the molecule is CC(C)NS(=O)(=O)c1ccc(OC/C(F)=C/CN)cc1. The Morgan fingerprint density at radius 3 is 2.50 bits per heavy atom. The van der Waals surface area contributed by atoms with Crippen molar-refractivity contribution < 1.29 is 17.5 Å². The van der Waals surface area contributed by atoms with Crippen molar-refractivity contribution in [3.63, 3.8) is 0 Å². The highest BCUT2D eigenvalue weighted by Crippen LogP contribution is 2.17. The number of hydrogen-bond acceptors (Lipinski definition) is 4. The number of halogens is 1. The van der Waals surface area contributed by atoms with Crippen LogP contribution in [-0.2, 0) is 10.0 Å². The number of nitrogens with two attached hydrogens (primary N) is 1. The van der Waals surface area contributed by atoms with E-state index < -0.39 is 15.9 Å². The summed E-state index contributed by atoms with van der Waals surface area (Å²) in [6.45, 7) is 3.35. The molecule has 0 aromatic heterocycles. The summed E-state index contributed by atoms with van der Waals surface area (Å²) in [5, 5.41) is 0. The van der Waals surface area contributed by atoms with Crippen molar-refractivity contribution in [2.24, 2.45) is 5.73 Å². The van der Waals surface area contributed by atoms with E-state index in [9.17, 15) is 12.8 Å². The molecule has 20 heavy (non-hydrogen) atoms. The van der Waals surface area contributed by atoms with Gasteiger partial charge in [0.2, 0.25) is 10.0 Å². The van der Waals surface area contributed by atoms with E-state index in [1.165, 1.54) is 30.3 Å². The Hall–Kier alpha value is -1.44. The molecule has 0 saturated heterocycles. The maximum absolute atomic E-state index is 13.1. The third kappa shape index (κ3) is 5.28. The number of rotatable bonds is 7. The zero-order chi connectivity index (χ0) is 15.2. The standard InChI is InChI=1S/C13H19FN2O3S/c1-10(2)16-20(17,18)13-5-3-12(4-6-13)19-9-11(14)7-8-15/h3-7,10,16H,8-9,15H2,1-2H3/b11-7-. The number of hydrogen-bond donors (Lipinski definition) is 2. The van der Waals surface area contributed by atoms with Crippen LogP contribution in [0.4, 0.5) is 4.39 Å². The third-order valence-electron chi connectivity index (χ3n) is 2.24. The normalized spacial score (nSPS) is 12.8. The molecular formula is C13H19FN2O3S. The maximum Gasteiger partial charge on any atom is 0.240 e. The lowest BCUT2D eigenvalue weighted by atomic mass is 10.3. The highest BCUT2D eigenvalue weighted by molar-refractivity contribution is 7.89. The molecule has 1 aromatic carbocycles. The van der Waals surface area contributed by atoms with Crippen LogP contribution in [0.2, 0.25) is 0 Å². The summed E-state index contributed by atoms with van der Waals surface area (Å²) in [6.07, 6.45) is 1.21. The van der Waals surface area contributed by atoms with E-state index in [1.807, 2.05) is 0 Å². The Kier molecular flexibility index (Phi) is 6.12. The van der Waals surface area contributed by atoms with Crippen molar-refractivity contribution in [2.75, 3.05) is 13.2 Å². The van der Waals surface area contributed by atoms with Gasteiger partial charge in [-0.25, -0.2) is 17.5 Å². The van der Waals surface area contributed by atoms with Gasteiger partial charge in [-0.1, -0.05) is 0 Å². The molecule has 5 nitrogen and oxygen atoms in total. The number of sulfonamides is 1. The molecule has 0 aliphatic heterocycles. The molecule has 0 aliphatic rings. The Bertz CT molecular complexity index is 553. The fourth-order valence-corrected chi connectivity index (χ4v) is 2.68. The summed E-state index contributed by atoms with van der Waals surface area (Å²) in [5.41, 5.74) is 5.16. The zero-order valence-electron chi connectivity index (χ0n) is 11.5. The highest BCUT2D eigenvalue weighted by Gasteiger charge is 2.14. The first-order valence-electron chi connectivity index (χ1n) is 6.15. The Morgan fingerprint density at radius 2 is 2.00 bits per heavy atom. The van der Waals surface area contributed by atoms with E-state index in [2.05, 4.69) is 4.72 Å². The minimum Gasteiger partial charge on any atom is -0.487 e. The molecule has 0 aliphatic carbocycles. The van der Waals surface area contributed by atoms with Crippen molar-refractivity contribution in [2.45, 2.75) is 24.8 Å². The summed E-state index contributed by atoms with van der Waals surface area (Å²) in [4.78, 5) is 0.136. The summed E-state index contributed by atoms with van der Waals surface area (Å²) in [6, 6.07) is 5.58. The summed E-state index contributed by atoms with van der Waals surface area (Å²) in [7, 11) is -3.52. The van der Waals surface area contributed by atoms with Gasteiger partial charge in [-0.2, -0.15) is 0 Å². The largest absolute Gasteiger partial charge is 0.487 e. The van der Waals surface area contributed by atoms with Gasteiger partial charge in [-0.05, 0) is 44.2 Å². The zero-order valence-corrected chi connectivity index (χ0v) is 12.3. The molecule has 0 spiro atoms. The monoisotopic (exact) mass is 302 g/mol. The second-order valence-corrected chi connectivity index (χ2v) is 6.14. The van der Waals surface area contributed by atoms with Crippen LogP contribution in [0.1, 0.15) is 13.8 Å². The third-order valence-corrected chi connectivity index (χ3v) is 3.92. The molecule has 1 rings (SSSR count). The van der Waals surface area contributed by atoms with Gasteiger partial charge in [-0.15, -0.1) is 0 Å². The van der Waals surface area contributed by atoms with Gasteiger partial charge in [0.25, 0.3) is 0 Å². The van der Waals surface area contributed by atoms with Crippen molar-refractivity contribution >= 4 is 10.0 Å². The van der Waals surface area contributed by atoms with Gasteiger partial charge >= 0.3 is 0 Å².